The van der Waals surface area contributed by atoms with Gasteiger partial charge < -0.3 is 20.5 Å². The van der Waals surface area contributed by atoms with Crippen molar-refractivity contribution in [1.29, 1.82) is 0 Å². The van der Waals surface area contributed by atoms with Gasteiger partial charge in [-0.15, -0.1) is 0 Å². The molecule has 2 aromatic rings. The number of hydrogen-bond acceptors (Lipinski definition) is 3. The highest BCUT2D eigenvalue weighted by Gasteiger charge is 2.36. The Morgan fingerprint density at radius 1 is 1.23 bits per heavy atom. The molecule has 7 nitrogen and oxygen atoms in total. The molecule has 1 unspecified atom stereocenters. The van der Waals surface area contributed by atoms with Crippen molar-refractivity contribution in [3.63, 3.8) is 0 Å². The number of aromatic nitrogens is 1. The molecule has 0 spiro atoms. The smallest absolute Gasteiger partial charge is 0.271 e. The molecule has 3 N–H and O–H groups in total. The van der Waals surface area contributed by atoms with E-state index in [1.165, 1.54) is 11.9 Å². The second-order valence-electron chi connectivity index (χ2n) is 6.76. The summed E-state index contributed by atoms with van der Waals surface area (Å²) < 4.78 is 0. The molecule has 138 valence electrons. The number of amides is 3. The maximum absolute atomic E-state index is 13.2. The van der Waals surface area contributed by atoms with E-state index in [0.717, 1.165) is 27.6 Å². The molecule has 3 rings (SSSR count). The predicted octanol–water partition coefficient (Wildman–Crippen LogP) is 1.17. The number of carbonyl (C=O) groups excluding carboxylic acids is 3. The zero-order valence-electron chi connectivity index (χ0n) is 15.5. The third-order valence-corrected chi connectivity index (χ3v) is 5.09. The van der Waals surface area contributed by atoms with E-state index in [2.05, 4.69) is 15.6 Å². The fourth-order valence-corrected chi connectivity index (χ4v) is 3.59. The number of carbonyl (C=O) groups is 3. The van der Waals surface area contributed by atoms with Gasteiger partial charge in [-0.1, -0.05) is 12.1 Å². The Labute approximate surface area is 152 Å². The van der Waals surface area contributed by atoms with Crippen molar-refractivity contribution >= 4 is 28.6 Å². The van der Waals surface area contributed by atoms with Crippen LogP contribution in [0.3, 0.4) is 0 Å². The normalized spacial score (nSPS) is 17.3. The Morgan fingerprint density at radius 3 is 2.58 bits per heavy atom. The van der Waals surface area contributed by atoms with Crippen LogP contribution in [0, 0.1) is 20.8 Å². The minimum Gasteiger partial charge on any atom is -0.359 e. The van der Waals surface area contributed by atoms with Gasteiger partial charge in [0.1, 0.15) is 11.7 Å². The molecule has 0 saturated carbocycles. The lowest BCUT2D eigenvalue weighted by atomic mass is 10.0. The number of rotatable bonds is 3. The van der Waals surface area contributed by atoms with Crippen molar-refractivity contribution in [2.24, 2.45) is 0 Å². The molecule has 1 atom stereocenters. The molecule has 1 aromatic heterocycles. The molecule has 1 aliphatic heterocycles. The summed E-state index contributed by atoms with van der Waals surface area (Å²) in [6.45, 7) is 6.68. The second-order valence-corrected chi connectivity index (χ2v) is 6.76. The Bertz CT molecular complexity index is 900. The fraction of sp³-hybridized carbons (Fsp3) is 0.421. The number of aryl methyl sites for hydroxylation is 3. The van der Waals surface area contributed by atoms with Crippen LogP contribution >= 0.6 is 0 Å². The Kier molecular flexibility index (Phi) is 4.71. The van der Waals surface area contributed by atoms with Crippen LogP contribution in [-0.2, 0) is 9.59 Å². The predicted molar refractivity (Wildman–Crippen MR) is 99.0 cm³/mol. The first kappa shape index (κ1) is 18.0. The van der Waals surface area contributed by atoms with Crippen molar-refractivity contribution < 1.29 is 14.4 Å². The summed E-state index contributed by atoms with van der Waals surface area (Å²) in [5.41, 5.74) is 4.45. The quantitative estimate of drug-likeness (QED) is 0.770. The Morgan fingerprint density at radius 2 is 1.92 bits per heavy atom. The molecule has 0 aliphatic carbocycles. The lowest BCUT2D eigenvalue weighted by molar-refractivity contribution is -0.132. The summed E-state index contributed by atoms with van der Waals surface area (Å²) in [4.78, 5) is 42.0. The van der Waals surface area contributed by atoms with Gasteiger partial charge in [-0.3, -0.25) is 14.4 Å². The summed E-state index contributed by atoms with van der Waals surface area (Å²) in [6, 6.07) is 3.25. The lowest BCUT2D eigenvalue weighted by Gasteiger charge is -2.34. The van der Waals surface area contributed by atoms with E-state index in [1.54, 1.807) is 0 Å². The van der Waals surface area contributed by atoms with Gasteiger partial charge in [0, 0.05) is 31.0 Å². The first-order valence-corrected chi connectivity index (χ1v) is 8.73. The van der Waals surface area contributed by atoms with Gasteiger partial charge in [-0.25, -0.2) is 0 Å². The Hall–Kier alpha value is -2.83. The summed E-state index contributed by atoms with van der Waals surface area (Å²) in [6.07, 6.45) is -0.0502. The molecular weight excluding hydrogens is 332 g/mol. The minimum absolute atomic E-state index is 0.0502. The molecule has 0 bridgehead atoms. The van der Waals surface area contributed by atoms with Crippen molar-refractivity contribution in [3.05, 3.63) is 34.5 Å². The van der Waals surface area contributed by atoms with Crippen molar-refractivity contribution in [2.45, 2.75) is 33.2 Å². The summed E-state index contributed by atoms with van der Waals surface area (Å²) in [7, 11) is 1.52. The van der Waals surface area contributed by atoms with Gasteiger partial charge in [-0.2, -0.15) is 0 Å². The lowest BCUT2D eigenvalue weighted by Crippen LogP contribution is -2.58. The number of benzene rings is 1. The second kappa shape index (κ2) is 6.82. The molecule has 1 aliphatic rings. The fourth-order valence-electron chi connectivity index (χ4n) is 3.59. The summed E-state index contributed by atoms with van der Waals surface area (Å²) in [5, 5.41) is 6.29. The van der Waals surface area contributed by atoms with Crippen LogP contribution in [0.2, 0.25) is 0 Å². The molecule has 2 heterocycles. The van der Waals surface area contributed by atoms with Gasteiger partial charge in [0.15, 0.2) is 0 Å². The Balaban J connectivity index is 2.02. The maximum atomic E-state index is 13.2. The summed E-state index contributed by atoms with van der Waals surface area (Å²) >= 11 is 0. The molecular formula is C19H24N4O3. The van der Waals surface area contributed by atoms with Crippen LogP contribution < -0.4 is 10.6 Å². The van der Waals surface area contributed by atoms with Crippen LogP contribution in [0.25, 0.3) is 10.9 Å². The van der Waals surface area contributed by atoms with Crippen LogP contribution in [-0.4, -0.2) is 53.8 Å². The highest BCUT2D eigenvalue weighted by atomic mass is 16.2. The molecule has 1 saturated heterocycles. The van der Waals surface area contributed by atoms with Crippen LogP contribution in [0.1, 0.15) is 33.6 Å². The van der Waals surface area contributed by atoms with Gasteiger partial charge in [-0.05, 0) is 37.5 Å². The molecule has 3 amide bonds. The van der Waals surface area contributed by atoms with E-state index in [1.807, 2.05) is 32.9 Å². The molecule has 1 fully saturated rings. The molecule has 7 heteroatoms. The highest BCUT2D eigenvalue weighted by Crippen LogP contribution is 2.29. The highest BCUT2D eigenvalue weighted by molar-refractivity contribution is 6.04. The van der Waals surface area contributed by atoms with Crippen molar-refractivity contribution in [1.82, 2.24) is 20.5 Å². The number of nitrogens with one attached hydrogen (secondary N) is 3. The van der Waals surface area contributed by atoms with Crippen LogP contribution in [0.4, 0.5) is 0 Å². The van der Waals surface area contributed by atoms with E-state index in [-0.39, 0.29) is 24.1 Å². The van der Waals surface area contributed by atoms with Crippen molar-refractivity contribution in [3.8, 4) is 0 Å². The summed E-state index contributed by atoms with van der Waals surface area (Å²) in [5.74, 6) is -0.819. The van der Waals surface area contributed by atoms with E-state index in [0.29, 0.717) is 18.8 Å². The third kappa shape index (κ3) is 2.94. The molecule has 26 heavy (non-hydrogen) atoms. The van der Waals surface area contributed by atoms with Crippen LogP contribution in [0.5, 0.6) is 0 Å². The zero-order chi connectivity index (χ0) is 19.0. The standard InChI is InChI=1S/C19H24N4O3/c1-10-5-6-11(2)16-15(10)12(3)17(22-16)19(26)23-8-7-21-18(25)13(23)9-14(24)20-4/h5-6,13,22H,7-9H2,1-4H3,(H,20,24)(H,21,25). The third-order valence-electron chi connectivity index (χ3n) is 5.09. The number of piperazine rings is 1. The number of hydrogen-bond donors (Lipinski definition) is 3. The average Bonchev–Trinajstić information content (AvgIpc) is 2.98. The van der Waals surface area contributed by atoms with Gasteiger partial charge in [0.2, 0.25) is 11.8 Å². The van der Waals surface area contributed by atoms with Crippen LogP contribution in [0.15, 0.2) is 12.1 Å². The van der Waals surface area contributed by atoms with Gasteiger partial charge >= 0.3 is 0 Å². The van der Waals surface area contributed by atoms with E-state index in [9.17, 15) is 14.4 Å². The molecule has 0 radical (unpaired) electrons. The first-order valence-electron chi connectivity index (χ1n) is 8.73. The first-order chi connectivity index (χ1) is 12.3. The maximum Gasteiger partial charge on any atom is 0.271 e. The van der Waals surface area contributed by atoms with E-state index < -0.39 is 6.04 Å². The number of aromatic amines is 1. The zero-order valence-corrected chi connectivity index (χ0v) is 15.5. The van der Waals surface area contributed by atoms with Gasteiger partial charge in [0.05, 0.1) is 6.42 Å². The molecule has 1 aromatic carbocycles. The average molecular weight is 356 g/mol. The number of nitrogens with zero attached hydrogens (tertiary/aromatic N) is 1. The number of H-pyrrole nitrogens is 1. The largest absolute Gasteiger partial charge is 0.359 e. The topological polar surface area (TPSA) is 94.3 Å². The van der Waals surface area contributed by atoms with E-state index in [4.69, 9.17) is 0 Å². The van der Waals surface area contributed by atoms with Crippen molar-refractivity contribution in [2.75, 3.05) is 20.1 Å². The van der Waals surface area contributed by atoms with E-state index >= 15 is 0 Å². The SMILES string of the molecule is CNC(=O)CC1C(=O)NCCN1C(=O)c1[nH]c2c(C)ccc(C)c2c1C. The number of fused-ring (bicyclic) bond motifs is 1. The van der Waals surface area contributed by atoms with Gasteiger partial charge in [0.25, 0.3) is 5.91 Å². The monoisotopic (exact) mass is 356 g/mol. The minimum atomic E-state index is -0.802.